The fourth-order valence-electron chi connectivity index (χ4n) is 1.09. The molecule has 0 spiro atoms. The first-order chi connectivity index (χ1) is 8.47. The second-order valence-electron chi connectivity index (χ2n) is 3.36. The quantitative estimate of drug-likeness (QED) is 0.354. The fourth-order valence-corrected chi connectivity index (χ4v) is 1.09. The summed E-state index contributed by atoms with van der Waals surface area (Å²) in [6, 6.07) is -1.75. The Kier molecular flexibility index (Phi) is 7.74. The van der Waals surface area contributed by atoms with Gasteiger partial charge in [0, 0.05) is 6.54 Å². The first kappa shape index (κ1) is 15.8. The molecule has 0 aromatic carbocycles. The van der Waals surface area contributed by atoms with Crippen molar-refractivity contribution < 1.29 is 24.2 Å². The Morgan fingerprint density at radius 2 is 2.11 bits per heavy atom. The summed E-state index contributed by atoms with van der Waals surface area (Å²) in [6.45, 7) is 3.59. The van der Waals surface area contributed by atoms with Crippen LogP contribution in [0, 0.1) is 0 Å². The van der Waals surface area contributed by atoms with E-state index in [1.54, 1.807) is 0 Å². The van der Waals surface area contributed by atoms with Gasteiger partial charge in [-0.25, -0.2) is 14.4 Å². The van der Waals surface area contributed by atoms with Gasteiger partial charge in [-0.2, -0.15) is 0 Å². The largest absolute Gasteiger partial charge is 0.480 e. The lowest BCUT2D eigenvalue weighted by Gasteiger charge is -2.13. The highest BCUT2D eigenvalue weighted by Gasteiger charge is 2.19. The van der Waals surface area contributed by atoms with Gasteiger partial charge >= 0.3 is 18.1 Å². The molecule has 5 N–H and O–H groups in total. The van der Waals surface area contributed by atoms with Crippen LogP contribution in [0.4, 0.5) is 9.59 Å². The van der Waals surface area contributed by atoms with E-state index in [9.17, 15) is 14.4 Å². The molecule has 0 bridgehead atoms. The summed E-state index contributed by atoms with van der Waals surface area (Å²) in [4.78, 5) is 32.3. The summed E-state index contributed by atoms with van der Waals surface area (Å²) in [6.07, 6.45) is 1.05. The smallest absolute Gasteiger partial charge is 0.408 e. The number of carboxylic acids is 1. The van der Waals surface area contributed by atoms with Crippen LogP contribution in [0.5, 0.6) is 0 Å². The van der Waals surface area contributed by atoms with Crippen molar-refractivity contribution in [2.45, 2.75) is 18.9 Å². The minimum atomic E-state index is -1.18. The van der Waals surface area contributed by atoms with Crippen molar-refractivity contribution in [1.82, 2.24) is 10.6 Å². The van der Waals surface area contributed by atoms with E-state index in [1.807, 2.05) is 0 Å². The number of aliphatic carboxylic acids is 1. The molecule has 0 aromatic heterocycles. The molecule has 0 aliphatic rings. The van der Waals surface area contributed by atoms with E-state index in [-0.39, 0.29) is 19.6 Å². The molecule has 0 saturated heterocycles. The zero-order valence-electron chi connectivity index (χ0n) is 9.85. The van der Waals surface area contributed by atoms with Gasteiger partial charge < -0.3 is 26.2 Å². The van der Waals surface area contributed by atoms with Crippen LogP contribution in [-0.2, 0) is 9.53 Å². The average molecular weight is 259 g/mol. The number of nitrogens with two attached hydrogens (primary N) is 1. The molecule has 0 aliphatic heterocycles. The third-order valence-electron chi connectivity index (χ3n) is 1.89. The molecule has 0 aliphatic carbocycles. The van der Waals surface area contributed by atoms with Gasteiger partial charge in [-0.15, -0.1) is 0 Å². The number of amides is 3. The topological polar surface area (TPSA) is 131 Å². The molecule has 102 valence electrons. The van der Waals surface area contributed by atoms with Crippen LogP contribution in [0.15, 0.2) is 12.7 Å². The van der Waals surface area contributed by atoms with Crippen molar-refractivity contribution >= 4 is 18.1 Å². The molecule has 8 nitrogen and oxygen atoms in total. The van der Waals surface area contributed by atoms with Gasteiger partial charge in [-0.05, 0) is 12.8 Å². The van der Waals surface area contributed by atoms with Crippen LogP contribution in [-0.4, -0.2) is 42.4 Å². The third-order valence-corrected chi connectivity index (χ3v) is 1.89. The van der Waals surface area contributed by atoms with Gasteiger partial charge in [0.15, 0.2) is 0 Å². The Morgan fingerprint density at radius 1 is 1.44 bits per heavy atom. The summed E-state index contributed by atoms with van der Waals surface area (Å²) in [5, 5.41) is 13.4. The van der Waals surface area contributed by atoms with E-state index in [0.29, 0.717) is 6.42 Å². The normalized spacial score (nSPS) is 11.1. The van der Waals surface area contributed by atoms with Crippen molar-refractivity contribution in [3.8, 4) is 0 Å². The number of primary amides is 1. The molecule has 1 atom stereocenters. The molecule has 3 amide bonds. The molecule has 0 radical (unpaired) electrons. The predicted molar refractivity (Wildman–Crippen MR) is 62.9 cm³/mol. The van der Waals surface area contributed by atoms with Crippen LogP contribution in [0.1, 0.15) is 12.8 Å². The maximum absolute atomic E-state index is 11.1. The lowest BCUT2D eigenvalue weighted by Crippen LogP contribution is -2.41. The molecule has 0 heterocycles. The highest BCUT2D eigenvalue weighted by molar-refractivity contribution is 5.79. The summed E-state index contributed by atoms with van der Waals surface area (Å²) in [5.74, 6) is -1.18. The van der Waals surface area contributed by atoms with E-state index < -0.39 is 24.1 Å². The molecule has 0 saturated carbocycles. The Hall–Kier alpha value is -2.25. The number of urea groups is 1. The lowest BCUT2D eigenvalue weighted by molar-refractivity contribution is -0.139. The maximum atomic E-state index is 11.1. The first-order valence-corrected chi connectivity index (χ1v) is 5.27. The minimum absolute atomic E-state index is 0.00139. The van der Waals surface area contributed by atoms with Gasteiger partial charge in [-0.1, -0.05) is 12.7 Å². The predicted octanol–water partition coefficient (Wildman–Crippen LogP) is -0.200. The maximum Gasteiger partial charge on any atom is 0.408 e. The van der Waals surface area contributed by atoms with Crippen LogP contribution >= 0.6 is 0 Å². The number of nitrogens with one attached hydrogen (secondary N) is 2. The summed E-state index contributed by atoms with van der Waals surface area (Å²) in [7, 11) is 0. The van der Waals surface area contributed by atoms with E-state index in [1.165, 1.54) is 6.08 Å². The number of ether oxygens (including phenoxy) is 1. The Bertz CT molecular complexity index is 319. The van der Waals surface area contributed by atoms with Gasteiger partial charge in [0.05, 0.1) is 0 Å². The highest BCUT2D eigenvalue weighted by Crippen LogP contribution is 1.98. The summed E-state index contributed by atoms with van der Waals surface area (Å²) in [5.41, 5.74) is 4.84. The van der Waals surface area contributed by atoms with E-state index >= 15 is 0 Å². The number of rotatable bonds is 8. The van der Waals surface area contributed by atoms with Crippen molar-refractivity contribution in [3.05, 3.63) is 12.7 Å². The van der Waals surface area contributed by atoms with Crippen LogP contribution < -0.4 is 16.4 Å². The minimum Gasteiger partial charge on any atom is -0.480 e. The lowest BCUT2D eigenvalue weighted by atomic mass is 10.1. The number of carbonyl (C=O) groups is 3. The molecule has 0 aromatic rings. The van der Waals surface area contributed by atoms with Crippen LogP contribution in [0.3, 0.4) is 0 Å². The number of alkyl carbamates (subject to hydrolysis) is 1. The summed E-state index contributed by atoms with van der Waals surface area (Å²) >= 11 is 0. The number of carboxylic acid groups (broad SMARTS) is 1. The zero-order chi connectivity index (χ0) is 14.0. The van der Waals surface area contributed by atoms with E-state index in [2.05, 4.69) is 21.9 Å². The molecule has 8 heteroatoms. The molecule has 0 rings (SSSR count). The van der Waals surface area contributed by atoms with Crippen LogP contribution in [0.25, 0.3) is 0 Å². The van der Waals surface area contributed by atoms with Crippen molar-refractivity contribution in [1.29, 1.82) is 0 Å². The average Bonchev–Trinajstić information content (AvgIpc) is 2.29. The van der Waals surface area contributed by atoms with Gasteiger partial charge in [-0.3, -0.25) is 0 Å². The Balaban J connectivity index is 3.99. The van der Waals surface area contributed by atoms with Gasteiger partial charge in [0.1, 0.15) is 12.6 Å². The molecule has 0 unspecified atom stereocenters. The standard InChI is InChI=1S/C10H17N3O5/c1-2-6-18-10(17)13-7(8(14)15)4-3-5-12-9(11)16/h2,7H,1,3-6H2,(H,13,17)(H,14,15)(H3,11,12,16)/t7-/m1/s1. The summed E-state index contributed by atoms with van der Waals surface area (Å²) < 4.78 is 4.60. The van der Waals surface area contributed by atoms with Gasteiger partial charge in [0.2, 0.25) is 0 Å². The monoisotopic (exact) mass is 259 g/mol. The van der Waals surface area contributed by atoms with E-state index in [0.717, 1.165) is 0 Å². The van der Waals surface area contributed by atoms with Gasteiger partial charge in [0.25, 0.3) is 0 Å². The van der Waals surface area contributed by atoms with Crippen molar-refractivity contribution in [2.24, 2.45) is 5.73 Å². The Morgan fingerprint density at radius 3 is 2.61 bits per heavy atom. The first-order valence-electron chi connectivity index (χ1n) is 5.27. The number of carbonyl (C=O) groups excluding carboxylic acids is 2. The second-order valence-corrected chi connectivity index (χ2v) is 3.36. The molecular weight excluding hydrogens is 242 g/mol. The SMILES string of the molecule is C=CCOC(=O)N[C@H](CCCNC(N)=O)C(=O)O. The van der Waals surface area contributed by atoms with Crippen LogP contribution in [0.2, 0.25) is 0 Å². The second kappa shape index (κ2) is 8.85. The third kappa shape index (κ3) is 7.97. The highest BCUT2D eigenvalue weighted by atomic mass is 16.5. The molecule has 18 heavy (non-hydrogen) atoms. The number of hydrogen-bond acceptors (Lipinski definition) is 4. The molecular formula is C10H17N3O5. The van der Waals surface area contributed by atoms with E-state index in [4.69, 9.17) is 10.8 Å². The number of hydrogen-bond donors (Lipinski definition) is 4. The zero-order valence-corrected chi connectivity index (χ0v) is 9.85. The van der Waals surface area contributed by atoms with Crippen molar-refractivity contribution in [2.75, 3.05) is 13.2 Å². The van der Waals surface area contributed by atoms with Crippen molar-refractivity contribution in [3.63, 3.8) is 0 Å². The molecule has 0 fully saturated rings. The Labute approximate surface area is 104 Å². The fraction of sp³-hybridized carbons (Fsp3) is 0.500.